The molecule has 6 bridgehead atoms. The molecule has 2 heteroatoms. The van der Waals surface area contributed by atoms with Gasteiger partial charge in [-0.3, -0.25) is 4.98 Å². The van der Waals surface area contributed by atoms with Crippen molar-refractivity contribution in [2.45, 2.75) is 12.8 Å². The Balaban J connectivity index is 0.00000169. The molecular formula is C22H18NPt-3. The first kappa shape index (κ1) is 16.9. The van der Waals surface area contributed by atoms with E-state index in [1.807, 2.05) is 0 Å². The zero-order valence-electron chi connectivity index (χ0n) is 13.4. The Hall–Kier alpha value is -1.98. The van der Waals surface area contributed by atoms with Crippen LogP contribution in [-0.2, 0) is 33.9 Å². The van der Waals surface area contributed by atoms with Crippen LogP contribution in [-0.4, -0.2) is 4.98 Å². The summed E-state index contributed by atoms with van der Waals surface area (Å²) in [6.45, 7) is 8.59. The Morgan fingerprint density at radius 3 is 1.67 bits per heavy atom. The smallest absolute Gasteiger partial charge is 0.0152 e. The second-order valence-electron chi connectivity index (χ2n) is 5.99. The van der Waals surface area contributed by atoms with Crippen LogP contribution in [0.15, 0.2) is 54.6 Å². The van der Waals surface area contributed by atoms with Gasteiger partial charge in [0.05, 0.1) is 0 Å². The van der Waals surface area contributed by atoms with E-state index in [0.717, 1.165) is 46.5 Å². The molecule has 0 N–H and O–H groups in total. The Morgan fingerprint density at radius 1 is 0.708 bits per heavy atom. The molecule has 0 radical (unpaired) electrons. The van der Waals surface area contributed by atoms with Gasteiger partial charge >= 0.3 is 0 Å². The average Bonchev–Trinajstić information content (AvgIpc) is 2.57. The molecule has 2 aromatic carbocycles. The van der Waals surface area contributed by atoms with Gasteiger partial charge in [0.25, 0.3) is 0 Å². The molecule has 0 saturated heterocycles. The molecule has 24 heavy (non-hydrogen) atoms. The van der Waals surface area contributed by atoms with Crippen molar-refractivity contribution in [2.75, 3.05) is 0 Å². The maximum absolute atomic E-state index is 4.89. The number of hydrogen-bond donors (Lipinski definition) is 0. The van der Waals surface area contributed by atoms with Crippen molar-refractivity contribution in [2.24, 2.45) is 0 Å². The second kappa shape index (κ2) is 6.87. The minimum Gasteiger partial charge on any atom is -0.342 e. The van der Waals surface area contributed by atoms with Crippen LogP contribution in [0.4, 0.5) is 0 Å². The van der Waals surface area contributed by atoms with E-state index in [9.17, 15) is 0 Å². The van der Waals surface area contributed by atoms with Crippen LogP contribution in [0.3, 0.4) is 0 Å². The van der Waals surface area contributed by atoms with Gasteiger partial charge in [0.15, 0.2) is 0 Å². The van der Waals surface area contributed by atoms with E-state index in [-0.39, 0.29) is 21.1 Å². The van der Waals surface area contributed by atoms with E-state index in [4.69, 9.17) is 4.98 Å². The van der Waals surface area contributed by atoms with Crippen molar-refractivity contribution in [3.63, 3.8) is 0 Å². The van der Waals surface area contributed by atoms with Crippen molar-refractivity contribution < 1.29 is 21.1 Å². The maximum atomic E-state index is 4.89. The largest absolute Gasteiger partial charge is 0.342 e. The monoisotopic (exact) mass is 491 g/mol. The van der Waals surface area contributed by atoms with Crippen LogP contribution in [0.25, 0.3) is 22.5 Å². The third-order valence-electron chi connectivity index (χ3n) is 4.58. The topological polar surface area (TPSA) is 12.9 Å². The number of aromatic nitrogens is 1. The first-order valence-corrected chi connectivity index (χ1v) is 7.91. The number of rotatable bonds is 0. The molecule has 1 aromatic heterocycles. The first-order chi connectivity index (χ1) is 11.2. The number of hydrogen-bond acceptors (Lipinski definition) is 1. The van der Waals surface area contributed by atoms with E-state index in [2.05, 4.69) is 74.9 Å². The molecule has 0 saturated carbocycles. The summed E-state index contributed by atoms with van der Waals surface area (Å²) in [5, 5.41) is 0. The number of nitrogens with zero attached hydrogens (tertiary/aromatic N) is 1. The van der Waals surface area contributed by atoms with Gasteiger partial charge in [-0.15, -0.1) is 35.4 Å². The Bertz CT molecular complexity index is 814. The summed E-state index contributed by atoms with van der Waals surface area (Å²) >= 11 is 0. The van der Waals surface area contributed by atoms with Crippen LogP contribution in [0.2, 0.25) is 0 Å². The summed E-state index contributed by atoms with van der Waals surface area (Å²) < 4.78 is 0. The molecule has 1 nitrogen and oxygen atoms in total. The number of pyridine rings is 1. The molecule has 0 spiro atoms. The van der Waals surface area contributed by atoms with Crippen LogP contribution < -0.4 is 0 Å². The number of fused-ring (bicyclic) bond motifs is 8. The van der Waals surface area contributed by atoms with Crippen LogP contribution in [0, 0.1) is 20.3 Å². The van der Waals surface area contributed by atoms with E-state index in [0.29, 0.717) is 0 Å². The van der Waals surface area contributed by atoms with E-state index in [1.54, 1.807) is 0 Å². The van der Waals surface area contributed by atoms with Gasteiger partial charge in [-0.05, 0) is 12.1 Å². The maximum Gasteiger partial charge on any atom is 0.0152 e. The normalized spacial score (nSPS) is 12.5. The van der Waals surface area contributed by atoms with Crippen molar-refractivity contribution in [1.29, 1.82) is 0 Å². The van der Waals surface area contributed by atoms with Crippen LogP contribution in [0.1, 0.15) is 22.3 Å². The summed E-state index contributed by atoms with van der Waals surface area (Å²) in [5.74, 6) is 0. The molecule has 0 amide bonds. The molecule has 1 aliphatic rings. The third kappa shape index (κ3) is 2.89. The Labute approximate surface area is 158 Å². The van der Waals surface area contributed by atoms with E-state index in [1.165, 1.54) is 11.1 Å². The molecule has 0 atom stereocenters. The Morgan fingerprint density at radius 2 is 1.17 bits per heavy atom. The van der Waals surface area contributed by atoms with E-state index < -0.39 is 0 Å². The fourth-order valence-electron chi connectivity index (χ4n) is 3.25. The molecule has 124 valence electrons. The molecule has 4 rings (SSSR count). The van der Waals surface area contributed by atoms with Crippen molar-refractivity contribution in [3.05, 3.63) is 97.1 Å². The summed E-state index contributed by atoms with van der Waals surface area (Å²) in [5.41, 5.74) is 8.84. The summed E-state index contributed by atoms with van der Waals surface area (Å²) in [6.07, 6.45) is 4.14. The molecule has 3 aromatic rings. The zero-order valence-corrected chi connectivity index (χ0v) is 15.6. The fourth-order valence-corrected chi connectivity index (χ4v) is 3.25. The van der Waals surface area contributed by atoms with Gasteiger partial charge in [0.2, 0.25) is 0 Å². The molecule has 0 fully saturated rings. The molecule has 0 unspecified atom stereocenters. The summed E-state index contributed by atoms with van der Waals surface area (Å²) in [7, 11) is 0. The molecule has 2 heterocycles. The van der Waals surface area contributed by atoms with Gasteiger partial charge < -0.3 is 6.42 Å². The van der Waals surface area contributed by atoms with Gasteiger partial charge in [-0.25, -0.2) is 12.8 Å². The zero-order chi connectivity index (χ0) is 15.8. The predicted molar refractivity (Wildman–Crippen MR) is 95.7 cm³/mol. The summed E-state index contributed by atoms with van der Waals surface area (Å²) in [4.78, 5) is 4.89. The van der Waals surface area contributed by atoms with Gasteiger partial charge in [0, 0.05) is 32.5 Å². The standard InChI is InChI=1S/C22H18N.Pt/c1-15-17-7-3-8-18-10-5-12-20(16(18)2)22-14-6-13-21(23-22)19(15)11-4-9-17;/h3-6,9-14H,1-2,7-8H2;/q-3;. The quantitative estimate of drug-likeness (QED) is 0.400. The van der Waals surface area contributed by atoms with Crippen LogP contribution in [0.5, 0.6) is 0 Å². The number of benzene rings is 2. The van der Waals surface area contributed by atoms with Crippen molar-refractivity contribution in [1.82, 2.24) is 4.98 Å². The Kier molecular flexibility index (Phi) is 4.83. The van der Waals surface area contributed by atoms with Gasteiger partial charge in [-0.2, -0.15) is 36.1 Å². The first-order valence-electron chi connectivity index (χ1n) is 7.91. The predicted octanol–water partition coefficient (Wildman–Crippen LogP) is 5.08. The minimum atomic E-state index is 0. The summed E-state index contributed by atoms with van der Waals surface area (Å²) in [6, 6.07) is 18.9. The van der Waals surface area contributed by atoms with Crippen LogP contribution >= 0.6 is 0 Å². The molecule has 1 aliphatic heterocycles. The third-order valence-corrected chi connectivity index (χ3v) is 4.58. The second-order valence-corrected chi connectivity index (χ2v) is 5.99. The van der Waals surface area contributed by atoms with E-state index >= 15 is 0 Å². The fraction of sp³-hybridized carbons (Fsp3) is 0.0909. The minimum absolute atomic E-state index is 0. The molecule has 0 aliphatic carbocycles. The molecular weight excluding hydrogens is 473 g/mol. The van der Waals surface area contributed by atoms with Gasteiger partial charge in [0.1, 0.15) is 0 Å². The van der Waals surface area contributed by atoms with Gasteiger partial charge in [-0.1, -0.05) is 18.2 Å². The van der Waals surface area contributed by atoms with Crippen molar-refractivity contribution in [3.8, 4) is 22.5 Å². The van der Waals surface area contributed by atoms with Crippen molar-refractivity contribution >= 4 is 0 Å². The SMILES string of the molecule is [CH2-]c1c2cccc1-c1cccc(n1)-c1cccc(c1[CH2-])C[CH-]C2.[Pt]. The average molecular weight is 491 g/mol.